The molecule has 2 heterocycles. The second-order valence-corrected chi connectivity index (χ2v) is 14.2. The number of rotatable bonds is 8. The largest absolute Gasteiger partial charge is 0.508 e. The van der Waals surface area contributed by atoms with Crippen molar-refractivity contribution in [1.82, 2.24) is 14.5 Å². The van der Waals surface area contributed by atoms with E-state index in [0.717, 1.165) is 47.2 Å². The van der Waals surface area contributed by atoms with Crippen LogP contribution in [0.5, 0.6) is 5.75 Å². The van der Waals surface area contributed by atoms with Crippen LogP contribution < -0.4 is 16.2 Å². The predicted octanol–water partition coefficient (Wildman–Crippen LogP) is 4.94. The number of phenolic OH excluding ortho intramolecular Hbond substituents is 1. The number of anilines is 1. The molecule has 0 amide bonds. The van der Waals surface area contributed by atoms with Crippen molar-refractivity contribution in [2.75, 3.05) is 11.9 Å². The van der Waals surface area contributed by atoms with Crippen LogP contribution in [0.15, 0.2) is 91.4 Å². The Hall–Kier alpha value is -4.33. The Labute approximate surface area is 279 Å². The fourth-order valence-corrected chi connectivity index (χ4v) is 7.49. The number of nitrogens with one attached hydrogen (secondary N) is 1. The van der Waals surface area contributed by atoms with Gasteiger partial charge in [-0.2, -0.15) is 8.42 Å². The van der Waals surface area contributed by atoms with Crippen LogP contribution in [0.1, 0.15) is 60.4 Å². The number of benzene rings is 3. The molecule has 3 aliphatic rings. The molecule has 0 spiro atoms. The van der Waals surface area contributed by atoms with Crippen LogP contribution in [0, 0.1) is 5.92 Å². The fourth-order valence-electron chi connectivity index (χ4n) is 7.12. The van der Waals surface area contributed by atoms with E-state index in [1.165, 1.54) is 16.7 Å². The van der Waals surface area contributed by atoms with Crippen LogP contribution in [-0.4, -0.2) is 51.9 Å². The molecule has 2 aromatic heterocycles. The van der Waals surface area contributed by atoms with Crippen molar-refractivity contribution in [3.63, 3.8) is 0 Å². The molecule has 12 heteroatoms. The van der Waals surface area contributed by atoms with Crippen LogP contribution in [0.4, 0.5) is 5.82 Å². The van der Waals surface area contributed by atoms with Gasteiger partial charge >= 0.3 is 10.3 Å². The number of hydrogen-bond donors (Lipinski definition) is 5. The summed E-state index contributed by atoms with van der Waals surface area (Å²) >= 11 is 0. The molecule has 0 radical (unpaired) electrons. The monoisotopic (exact) mass is 668 g/mol. The van der Waals surface area contributed by atoms with Gasteiger partial charge in [0.25, 0.3) is 0 Å². The van der Waals surface area contributed by atoms with Crippen LogP contribution in [0.3, 0.4) is 0 Å². The summed E-state index contributed by atoms with van der Waals surface area (Å²) in [4.78, 5) is 8.97. The molecular formula is C36H40N6O5S. The maximum absolute atomic E-state index is 11.1. The summed E-state index contributed by atoms with van der Waals surface area (Å²) in [7, 11) is -4.03. The molecule has 6 unspecified atom stereocenters. The Balaban J connectivity index is 0.000000180. The zero-order valence-corrected chi connectivity index (χ0v) is 27.2. The minimum atomic E-state index is -4.03. The molecule has 0 bridgehead atoms. The average Bonchev–Trinajstić information content (AvgIpc) is 3.37. The van der Waals surface area contributed by atoms with Crippen LogP contribution in [0.25, 0.3) is 22.2 Å². The highest BCUT2D eigenvalue weighted by atomic mass is 32.2. The smallest absolute Gasteiger partial charge is 0.333 e. The van der Waals surface area contributed by atoms with E-state index in [1.54, 1.807) is 18.5 Å². The molecule has 7 N–H and O–H groups in total. The molecule has 0 saturated heterocycles. The Morgan fingerprint density at radius 1 is 0.958 bits per heavy atom. The normalized spacial score (nSPS) is 24.6. The molecule has 48 heavy (non-hydrogen) atoms. The second kappa shape index (κ2) is 13.3. The lowest BCUT2D eigenvalue weighted by molar-refractivity contribution is 0.100. The summed E-state index contributed by atoms with van der Waals surface area (Å²) in [6.07, 6.45) is 7.07. The highest BCUT2D eigenvalue weighted by Gasteiger charge is 2.36. The van der Waals surface area contributed by atoms with E-state index in [1.807, 2.05) is 29.0 Å². The quantitative estimate of drug-likeness (QED) is 0.153. The first-order valence-corrected chi connectivity index (χ1v) is 17.8. The molecule has 3 aliphatic carbocycles. The fraction of sp³-hybridized carbons (Fsp3) is 0.333. The summed E-state index contributed by atoms with van der Waals surface area (Å²) in [5.74, 6) is 1.33. The molecule has 11 nitrogen and oxygen atoms in total. The summed E-state index contributed by atoms with van der Waals surface area (Å²) in [6.45, 7) is -0.126. The summed E-state index contributed by atoms with van der Waals surface area (Å²) in [6, 6.07) is 26.8. The summed E-state index contributed by atoms with van der Waals surface area (Å²) in [5, 5.41) is 29.3. The van der Waals surface area contributed by atoms with Crippen molar-refractivity contribution in [2.24, 2.45) is 16.8 Å². The van der Waals surface area contributed by atoms with Crippen molar-refractivity contribution < 1.29 is 22.8 Å². The van der Waals surface area contributed by atoms with E-state index in [9.17, 15) is 18.6 Å². The van der Waals surface area contributed by atoms with E-state index in [0.29, 0.717) is 30.6 Å². The lowest BCUT2D eigenvalue weighted by atomic mass is 10.0. The third-order valence-corrected chi connectivity index (χ3v) is 10.2. The average molecular weight is 669 g/mol. The van der Waals surface area contributed by atoms with Crippen LogP contribution in [0.2, 0.25) is 0 Å². The standard InChI is InChI=1S/C21H25N5O4S.C15H15NO/c22-31(28,29)30-11-14-9-15(10-19(14)27)26-8-7-17-20(23-12-24-21(17)26)25-18-6-5-13-3-1-2-4-16(13)18;16-15-9-14(15)11-6-4-10(5-7-11)12-2-1-3-13(17)8-12/h1-4,7-8,12,14-15,18-19,27H,5-6,9-11H2,(H2,22,28,29)(H,23,24,25);1-8,14-15,17H,9,16H2. The Kier molecular flexibility index (Phi) is 8.92. The first-order chi connectivity index (χ1) is 23.1. The second-order valence-electron chi connectivity index (χ2n) is 13.0. The van der Waals surface area contributed by atoms with E-state index in [2.05, 4.69) is 63.8 Å². The number of nitrogens with two attached hydrogens (primary N) is 2. The van der Waals surface area contributed by atoms with E-state index >= 15 is 0 Å². The van der Waals surface area contributed by atoms with Gasteiger partial charge in [-0.25, -0.2) is 15.1 Å². The van der Waals surface area contributed by atoms with Crippen molar-refractivity contribution in [1.29, 1.82) is 0 Å². The molecule has 3 aromatic carbocycles. The zero-order chi connectivity index (χ0) is 33.4. The first kappa shape index (κ1) is 32.2. The van der Waals surface area contributed by atoms with Gasteiger partial charge in [-0.15, -0.1) is 0 Å². The number of aliphatic hydroxyl groups excluding tert-OH is 1. The number of aromatic hydroxyl groups is 1. The number of aryl methyl sites for hydroxylation is 1. The zero-order valence-electron chi connectivity index (χ0n) is 26.4. The van der Waals surface area contributed by atoms with Gasteiger partial charge in [0.1, 0.15) is 23.5 Å². The molecular weight excluding hydrogens is 629 g/mol. The maximum Gasteiger partial charge on any atom is 0.333 e. The molecule has 2 saturated carbocycles. The number of aromatic nitrogens is 3. The lowest BCUT2D eigenvalue weighted by Gasteiger charge is -2.16. The predicted molar refractivity (Wildman–Crippen MR) is 184 cm³/mol. The third kappa shape index (κ3) is 7.08. The lowest BCUT2D eigenvalue weighted by Crippen LogP contribution is -2.24. The molecule has 8 rings (SSSR count). The Bertz CT molecular complexity index is 2020. The van der Waals surface area contributed by atoms with Gasteiger partial charge in [0.2, 0.25) is 0 Å². The van der Waals surface area contributed by atoms with Crippen molar-refractivity contribution in [2.45, 2.75) is 62.3 Å². The number of fused-ring (bicyclic) bond motifs is 2. The van der Waals surface area contributed by atoms with Crippen molar-refractivity contribution in [3.8, 4) is 16.9 Å². The van der Waals surface area contributed by atoms with E-state index in [4.69, 9.17) is 15.1 Å². The van der Waals surface area contributed by atoms with Gasteiger partial charge in [-0.05, 0) is 78.1 Å². The third-order valence-electron chi connectivity index (χ3n) is 9.78. The highest BCUT2D eigenvalue weighted by molar-refractivity contribution is 7.84. The highest BCUT2D eigenvalue weighted by Crippen LogP contribution is 2.40. The van der Waals surface area contributed by atoms with Crippen LogP contribution in [-0.2, 0) is 20.9 Å². The van der Waals surface area contributed by atoms with Crippen molar-refractivity contribution >= 4 is 27.2 Å². The minimum absolute atomic E-state index is 0.0171. The molecule has 5 aromatic rings. The minimum Gasteiger partial charge on any atom is -0.508 e. The Morgan fingerprint density at radius 3 is 2.50 bits per heavy atom. The maximum atomic E-state index is 11.1. The summed E-state index contributed by atoms with van der Waals surface area (Å²) in [5.41, 5.74) is 12.8. The molecule has 250 valence electrons. The number of hydrogen-bond acceptors (Lipinski definition) is 9. The number of aliphatic hydroxyl groups is 1. The van der Waals surface area contributed by atoms with Gasteiger partial charge in [0.15, 0.2) is 0 Å². The van der Waals surface area contributed by atoms with Gasteiger partial charge in [-0.1, -0.05) is 60.7 Å². The van der Waals surface area contributed by atoms with E-state index < -0.39 is 16.4 Å². The first-order valence-electron chi connectivity index (χ1n) is 16.3. The van der Waals surface area contributed by atoms with Gasteiger partial charge < -0.3 is 25.8 Å². The van der Waals surface area contributed by atoms with Gasteiger partial charge in [0, 0.05) is 30.1 Å². The summed E-state index contributed by atoms with van der Waals surface area (Å²) < 4.78 is 28.9. The van der Waals surface area contributed by atoms with Crippen LogP contribution >= 0.6 is 0 Å². The van der Waals surface area contributed by atoms with Gasteiger partial charge in [-0.3, -0.25) is 4.18 Å². The van der Waals surface area contributed by atoms with Crippen molar-refractivity contribution in [3.05, 3.63) is 108 Å². The SMILES string of the molecule is NC1CC1c1ccc(-c2cccc(O)c2)cc1.NS(=O)(=O)OCC1CC(n2ccc3c(NC4CCc5ccccc54)ncnc32)CC1O. The van der Waals surface area contributed by atoms with E-state index in [-0.39, 0.29) is 24.6 Å². The van der Waals surface area contributed by atoms with Gasteiger partial charge in [0.05, 0.1) is 24.1 Å². The number of phenols is 1. The molecule has 6 atom stereocenters. The number of nitrogens with zero attached hydrogens (tertiary/aromatic N) is 3. The molecule has 0 aliphatic heterocycles. The topological polar surface area (TPSA) is 179 Å². The Morgan fingerprint density at radius 2 is 1.75 bits per heavy atom. The molecule has 2 fully saturated rings.